The minimum atomic E-state index is -4.25. The first-order valence-corrected chi connectivity index (χ1v) is 17.2. The molecule has 0 saturated heterocycles. The Morgan fingerprint density at radius 2 is 1.52 bits per heavy atom. The largest absolute Gasteiger partial charge is 0.497 e. The van der Waals surface area contributed by atoms with E-state index in [4.69, 9.17) is 16.3 Å². The van der Waals surface area contributed by atoms with Gasteiger partial charge in [0, 0.05) is 28.0 Å². The molecule has 0 aliphatic carbocycles. The van der Waals surface area contributed by atoms with Gasteiger partial charge in [0.1, 0.15) is 18.3 Å². The predicted octanol–water partition coefficient (Wildman–Crippen LogP) is 6.86. The molecule has 1 N–H and O–H groups in total. The summed E-state index contributed by atoms with van der Waals surface area (Å²) < 4.78 is 35.4. The number of halogens is 2. The second-order valence-corrected chi connectivity index (χ2v) is 15.0. The summed E-state index contributed by atoms with van der Waals surface area (Å²) in [6, 6.07) is 28.1. The highest BCUT2D eigenvalue weighted by Crippen LogP contribution is 2.28. The van der Waals surface area contributed by atoms with Crippen molar-refractivity contribution in [3.63, 3.8) is 0 Å². The van der Waals surface area contributed by atoms with Crippen LogP contribution in [0.4, 0.5) is 5.69 Å². The first kappa shape index (κ1) is 35.0. The van der Waals surface area contributed by atoms with E-state index in [-0.39, 0.29) is 29.5 Å². The molecule has 2 amide bonds. The lowest BCUT2D eigenvalue weighted by Gasteiger charge is -2.35. The highest BCUT2D eigenvalue weighted by molar-refractivity contribution is 9.10. The van der Waals surface area contributed by atoms with E-state index in [9.17, 15) is 18.0 Å². The number of methoxy groups -OCH3 is 1. The maximum atomic E-state index is 14.5. The van der Waals surface area contributed by atoms with Crippen LogP contribution in [0, 0.1) is 0 Å². The van der Waals surface area contributed by atoms with Crippen molar-refractivity contribution in [3.8, 4) is 5.75 Å². The Hall–Kier alpha value is -3.86. The molecular weight excluding hydrogens is 690 g/mol. The number of anilines is 1. The predicted molar refractivity (Wildman–Crippen MR) is 185 cm³/mol. The fraction of sp³-hybridized carbons (Fsp3) is 0.257. The summed E-state index contributed by atoms with van der Waals surface area (Å²) in [4.78, 5) is 29.9. The number of carbonyl (C=O) groups is 2. The van der Waals surface area contributed by atoms with E-state index in [1.165, 1.54) is 24.1 Å². The van der Waals surface area contributed by atoms with Crippen LogP contribution in [-0.2, 0) is 32.6 Å². The number of carbonyl (C=O) groups excluding carboxylic acids is 2. The molecule has 242 valence electrons. The molecule has 0 saturated carbocycles. The zero-order valence-corrected chi connectivity index (χ0v) is 29.3. The van der Waals surface area contributed by atoms with Crippen LogP contribution in [0.5, 0.6) is 5.75 Å². The molecule has 4 rings (SSSR count). The van der Waals surface area contributed by atoms with Gasteiger partial charge >= 0.3 is 0 Å². The van der Waals surface area contributed by atoms with Gasteiger partial charge in [-0.1, -0.05) is 70.0 Å². The number of hydrogen-bond acceptors (Lipinski definition) is 5. The monoisotopic (exact) mass is 725 g/mol. The van der Waals surface area contributed by atoms with Crippen molar-refractivity contribution in [1.82, 2.24) is 10.2 Å². The third-order valence-corrected chi connectivity index (χ3v) is 9.59. The summed E-state index contributed by atoms with van der Waals surface area (Å²) in [5.74, 6) is -0.422. The van der Waals surface area contributed by atoms with Crippen LogP contribution in [0.15, 0.2) is 112 Å². The smallest absolute Gasteiger partial charge is 0.264 e. The lowest BCUT2D eigenvalue weighted by Crippen LogP contribution is -2.56. The third-order valence-electron chi connectivity index (χ3n) is 7.05. The Morgan fingerprint density at radius 3 is 2.11 bits per heavy atom. The van der Waals surface area contributed by atoms with Crippen LogP contribution >= 0.6 is 27.5 Å². The Balaban J connectivity index is 1.81. The Labute approximate surface area is 284 Å². The van der Waals surface area contributed by atoms with Crippen LogP contribution in [0.1, 0.15) is 31.9 Å². The summed E-state index contributed by atoms with van der Waals surface area (Å²) in [5, 5.41) is 3.44. The van der Waals surface area contributed by atoms with Crippen LogP contribution in [0.25, 0.3) is 0 Å². The maximum Gasteiger partial charge on any atom is 0.264 e. The number of sulfonamides is 1. The van der Waals surface area contributed by atoms with Crippen molar-refractivity contribution < 1.29 is 22.7 Å². The molecule has 0 spiro atoms. The van der Waals surface area contributed by atoms with E-state index < -0.39 is 34.1 Å². The number of rotatable bonds is 12. The summed E-state index contributed by atoms with van der Waals surface area (Å²) in [6.45, 7) is 5.10. The molecule has 0 aromatic heterocycles. The van der Waals surface area contributed by atoms with E-state index in [1.54, 1.807) is 36.4 Å². The highest BCUT2D eigenvalue weighted by atomic mass is 79.9. The maximum absolute atomic E-state index is 14.5. The number of ether oxygens (including phenoxy) is 1. The second kappa shape index (κ2) is 15.2. The van der Waals surface area contributed by atoms with E-state index in [1.807, 2.05) is 75.4 Å². The fourth-order valence-corrected chi connectivity index (χ4v) is 6.84. The molecule has 0 aliphatic heterocycles. The normalized spacial score (nSPS) is 12.2. The van der Waals surface area contributed by atoms with Gasteiger partial charge in [-0.25, -0.2) is 8.42 Å². The fourth-order valence-electron chi connectivity index (χ4n) is 4.85. The summed E-state index contributed by atoms with van der Waals surface area (Å²) in [6.07, 6.45) is 0.217. The average Bonchev–Trinajstić information content (AvgIpc) is 3.01. The van der Waals surface area contributed by atoms with E-state index >= 15 is 0 Å². The first-order valence-electron chi connectivity index (χ1n) is 14.6. The van der Waals surface area contributed by atoms with Crippen LogP contribution < -0.4 is 14.4 Å². The zero-order valence-electron chi connectivity index (χ0n) is 26.1. The third kappa shape index (κ3) is 9.34. The molecule has 46 heavy (non-hydrogen) atoms. The van der Waals surface area contributed by atoms with Crippen LogP contribution in [0.3, 0.4) is 0 Å². The van der Waals surface area contributed by atoms with Crippen molar-refractivity contribution in [2.24, 2.45) is 0 Å². The van der Waals surface area contributed by atoms with Gasteiger partial charge in [0.05, 0.1) is 17.7 Å². The van der Waals surface area contributed by atoms with E-state index in [2.05, 4.69) is 21.2 Å². The van der Waals surface area contributed by atoms with Gasteiger partial charge < -0.3 is 15.0 Å². The topological polar surface area (TPSA) is 96.0 Å². The Morgan fingerprint density at radius 1 is 0.891 bits per heavy atom. The molecule has 4 aromatic rings. The summed E-state index contributed by atoms with van der Waals surface area (Å²) in [5.41, 5.74) is 1.28. The summed E-state index contributed by atoms with van der Waals surface area (Å²) in [7, 11) is -2.76. The van der Waals surface area contributed by atoms with Gasteiger partial charge in [0.15, 0.2) is 0 Å². The van der Waals surface area contributed by atoms with Gasteiger partial charge in [-0.2, -0.15) is 0 Å². The standard InChI is InChI=1S/C35H37BrClN3O5S/c1-35(2,3)38-34(42)32(22-25-9-6-5-7-10-25)39(23-26-11-8-12-27(36)21-26)33(41)24-40(29-15-13-28(37)14-16-29)46(43,44)31-19-17-30(45-4)18-20-31/h5-21,32H,22-24H2,1-4H3,(H,38,42)/t32-/m0/s1. The average molecular weight is 727 g/mol. The minimum absolute atomic E-state index is 0.0269. The summed E-state index contributed by atoms with van der Waals surface area (Å²) >= 11 is 9.64. The van der Waals surface area contributed by atoms with Crippen molar-refractivity contribution in [1.29, 1.82) is 0 Å². The second-order valence-electron chi connectivity index (χ2n) is 11.8. The molecule has 0 unspecified atom stereocenters. The first-order chi connectivity index (χ1) is 21.8. The SMILES string of the molecule is COc1ccc(S(=O)(=O)N(CC(=O)N(Cc2cccc(Br)c2)[C@@H](Cc2ccccc2)C(=O)NC(C)(C)C)c2ccc(Cl)cc2)cc1. The number of hydrogen-bond donors (Lipinski definition) is 1. The molecule has 0 fully saturated rings. The van der Waals surface area contributed by atoms with Crippen molar-refractivity contribution >= 4 is 55.1 Å². The number of nitrogens with zero attached hydrogens (tertiary/aromatic N) is 2. The Kier molecular flexibility index (Phi) is 11.5. The van der Waals surface area contributed by atoms with Crippen LogP contribution in [0.2, 0.25) is 5.02 Å². The number of benzene rings is 4. The molecule has 0 heterocycles. The highest BCUT2D eigenvalue weighted by Gasteiger charge is 2.35. The van der Waals surface area contributed by atoms with Crippen LogP contribution in [-0.4, -0.2) is 50.4 Å². The molecule has 11 heteroatoms. The van der Waals surface area contributed by atoms with Gasteiger partial charge in [-0.15, -0.1) is 0 Å². The molecule has 8 nitrogen and oxygen atoms in total. The van der Waals surface area contributed by atoms with Crippen molar-refractivity contribution in [2.75, 3.05) is 18.0 Å². The molecule has 0 aliphatic rings. The zero-order chi connectivity index (χ0) is 33.5. The quantitative estimate of drug-likeness (QED) is 0.172. The lowest BCUT2D eigenvalue weighted by molar-refractivity contribution is -0.140. The molecular formula is C35H37BrClN3O5S. The van der Waals surface area contributed by atoms with Gasteiger partial charge in [-0.3, -0.25) is 13.9 Å². The molecule has 0 bridgehead atoms. The molecule has 0 radical (unpaired) electrons. The molecule has 1 atom stereocenters. The number of amides is 2. The van der Waals surface area contributed by atoms with Gasteiger partial charge in [-0.05, 0) is 92.6 Å². The molecule has 4 aromatic carbocycles. The van der Waals surface area contributed by atoms with E-state index in [0.717, 1.165) is 19.9 Å². The van der Waals surface area contributed by atoms with Crippen molar-refractivity contribution in [3.05, 3.63) is 124 Å². The lowest BCUT2D eigenvalue weighted by atomic mass is 10.0. The van der Waals surface area contributed by atoms with Crippen molar-refractivity contribution in [2.45, 2.75) is 50.2 Å². The van der Waals surface area contributed by atoms with Gasteiger partial charge in [0.25, 0.3) is 10.0 Å². The minimum Gasteiger partial charge on any atom is -0.497 e. The Bertz CT molecular complexity index is 1750. The van der Waals surface area contributed by atoms with E-state index in [0.29, 0.717) is 10.8 Å². The number of nitrogens with one attached hydrogen (secondary N) is 1. The van der Waals surface area contributed by atoms with Gasteiger partial charge in [0.2, 0.25) is 11.8 Å².